The summed E-state index contributed by atoms with van der Waals surface area (Å²) < 4.78 is 13.8. The number of fused-ring (bicyclic) bond motifs is 1. The highest BCUT2D eigenvalue weighted by atomic mass is 16.5. The maximum Gasteiger partial charge on any atom is 0.281 e. The van der Waals surface area contributed by atoms with Gasteiger partial charge >= 0.3 is 0 Å². The van der Waals surface area contributed by atoms with E-state index < -0.39 is 0 Å². The molecule has 6 rings (SSSR count). The van der Waals surface area contributed by atoms with Gasteiger partial charge in [0.25, 0.3) is 5.56 Å². The van der Waals surface area contributed by atoms with E-state index in [0.717, 1.165) is 61.3 Å². The van der Waals surface area contributed by atoms with Crippen molar-refractivity contribution >= 4 is 5.95 Å². The molecule has 0 amide bonds. The van der Waals surface area contributed by atoms with Gasteiger partial charge in [-0.1, -0.05) is 60.7 Å². The van der Waals surface area contributed by atoms with Gasteiger partial charge in [0.15, 0.2) is 5.69 Å². The van der Waals surface area contributed by atoms with Crippen LogP contribution in [0, 0.1) is 6.92 Å². The Labute approximate surface area is 234 Å². The number of piperidine rings is 1. The van der Waals surface area contributed by atoms with E-state index in [-0.39, 0.29) is 17.3 Å². The van der Waals surface area contributed by atoms with E-state index in [1.165, 1.54) is 5.56 Å². The quantitative estimate of drug-likeness (QED) is 0.348. The second kappa shape index (κ2) is 11.5. The largest absolute Gasteiger partial charge is 0.493 e. The normalized spacial score (nSPS) is 16.8. The van der Waals surface area contributed by atoms with Crippen molar-refractivity contribution in [2.45, 2.75) is 45.4 Å². The van der Waals surface area contributed by atoms with Crippen LogP contribution in [0.2, 0.25) is 0 Å². The molecule has 0 bridgehead atoms. The number of rotatable bonds is 8. The van der Waals surface area contributed by atoms with Gasteiger partial charge in [0.2, 0.25) is 5.95 Å². The first-order chi connectivity index (χ1) is 19.6. The van der Waals surface area contributed by atoms with Gasteiger partial charge < -0.3 is 14.8 Å². The van der Waals surface area contributed by atoms with Crippen molar-refractivity contribution < 1.29 is 9.47 Å². The second-order valence-electron chi connectivity index (χ2n) is 10.7. The third-order valence-electron chi connectivity index (χ3n) is 7.77. The summed E-state index contributed by atoms with van der Waals surface area (Å²) >= 11 is 0. The van der Waals surface area contributed by atoms with E-state index in [4.69, 9.17) is 9.47 Å². The Balaban J connectivity index is 1.26. The van der Waals surface area contributed by atoms with Gasteiger partial charge in [-0.3, -0.25) is 14.3 Å². The first kappa shape index (κ1) is 26.1. The number of nitrogens with zero attached hydrogens (tertiary/aromatic N) is 4. The van der Waals surface area contributed by atoms with E-state index >= 15 is 0 Å². The molecule has 2 aliphatic rings. The molecule has 8 nitrogen and oxygen atoms in total. The molecule has 1 N–H and O–H groups in total. The SMILES string of the molecule is Cc1cc2c(c(OCc3ccccc3)c1-c1nnc(N[C@@H]3CCCN(Cc4ccccc4)C3)n(C)c1=O)CCO2. The van der Waals surface area contributed by atoms with Crippen molar-refractivity contribution in [3.8, 4) is 22.8 Å². The average Bonchev–Trinajstić information content (AvgIpc) is 3.44. The Morgan fingerprint density at radius 3 is 2.58 bits per heavy atom. The third-order valence-corrected chi connectivity index (χ3v) is 7.77. The van der Waals surface area contributed by atoms with Crippen LogP contribution in [0.25, 0.3) is 11.3 Å². The van der Waals surface area contributed by atoms with Crippen LogP contribution in [0.15, 0.2) is 71.5 Å². The topological polar surface area (TPSA) is 81.5 Å². The lowest BCUT2D eigenvalue weighted by Gasteiger charge is -2.33. The minimum absolute atomic E-state index is 0.187. The van der Waals surface area contributed by atoms with Crippen molar-refractivity contribution in [2.24, 2.45) is 7.05 Å². The monoisotopic (exact) mass is 537 g/mol. The van der Waals surface area contributed by atoms with Crippen LogP contribution >= 0.6 is 0 Å². The van der Waals surface area contributed by atoms with Crippen molar-refractivity contribution in [2.75, 3.05) is 25.0 Å². The highest BCUT2D eigenvalue weighted by Crippen LogP contribution is 2.42. The summed E-state index contributed by atoms with van der Waals surface area (Å²) in [6, 6.07) is 22.7. The van der Waals surface area contributed by atoms with E-state index in [1.54, 1.807) is 11.6 Å². The Morgan fingerprint density at radius 2 is 1.80 bits per heavy atom. The lowest BCUT2D eigenvalue weighted by molar-refractivity contribution is 0.208. The molecule has 3 heterocycles. The van der Waals surface area contributed by atoms with Crippen LogP contribution < -0.4 is 20.3 Å². The van der Waals surface area contributed by atoms with Crippen LogP contribution in [0.4, 0.5) is 5.95 Å². The molecule has 1 atom stereocenters. The summed E-state index contributed by atoms with van der Waals surface area (Å²) in [4.78, 5) is 16.2. The number of likely N-dealkylation sites (tertiary alicyclic amines) is 1. The maximum atomic E-state index is 13.7. The van der Waals surface area contributed by atoms with E-state index in [1.807, 2.05) is 49.4 Å². The number of aryl methyl sites for hydroxylation is 1. The Kier molecular flexibility index (Phi) is 7.51. The van der Waals surface area contributed by atoms with Gasteiger partial charge in [-0.15, -0.1) is 10.2 Å². The molecule has 2 aliphatic heterocycles. The first-order valence-electron chi connectivity index (χ1n) is 14.0. The second-order valence-corrected chi connectivity index (χ2v) is 10.7. The molecule has 1 saturated heterocycles. The fourth-order valence-electron chi connectivity index (χ4n) is 5.70. The highest BCUT2D eigenvalue weighted by molar-refractivity contribution is 5.75. The number of benzene rings is 3. The zero-order valence-electron chi connectivity index (χ0n) is 23.1. The molecular weight excluding hydrogens is 502 g/mol. The molecule has 0 radical (unpaired) electrons. The molecule has 3 aromatic carbocycles. The van der Waals surface area contributed by atoms with Gasteiger partial charge in [0.1, 0.15) is 18.1 Å². The minimum Gasteiger partial charge on any atom is -0.493 e. The number of ether oxygens (including phenoxy) is 2. The number of hydrogen-bond donors (Lipinski definition) is 1. The van der Waals surface area contributed by atoms with Crippen LogP contribution in [0.1, 0.15) is 35.1 Å². The summed E-state index contributed by atoms with van der Waals surface area (Å²) in [7, 11) is 1.75. The molecule has 0 aliphatic carbocycles. The van der Waals surface area contributed by atoms with Gasteiger partial charge in [-0.05, 0) is 49.1 Å². The van der Waals surface area contributed by atoms with Gasteiger partial charge in [0.05, 0.1) is 12.2 Å². The molecular formula is C32H35N5O3. The first-order valence-corrected chi connectivity index (χ1v) is 14.0. The molecule has 0 unspecified atom stereocenters. The van der Waals surface area contributed by atoms with E-state index in [9.17, 15) is 4.79 Å². The standard InChI is InChI=1S/C32H35N5O3/c1-22-18-27-26(15-17-39-27)30(40-21-24-12-7-4-8-13-24)28(22)29-31(38)36(2)32(35-34-29)33-25-14-9-16-37(20-25)19-23-10-5-3-6-11-23/h3-8,10-13,18,25H,9,14-17,19-21H2,1-2H3,(H,33,35)/t25-/m1/s1. The lowest BCUT2D eigenvalue weighted by atomic mass is 9.98. The van der Waals surface area contributed by atoms with Crippen LogP contribution in [-0.2, 0) is 26.6 Å². The van der Waals surface area contributed by atoms with Crippen LogP contribution in [0.5, 0.6) is 11.5 Å². The molecule has 206 valence electrons. The highest BCUT2D eigenvalue weighted by Gasteiger charge is 2.27. The Hall–Kier alpha value is -4.17. The van der Waals surface area contributed by atoms with Crippen molar-refractivity contribution in [3.63, 3.8) is 0 Å². The predicted molar refractivity (Wildman–Crippen MR) is 156 cm³/mol. The number of anilines is 1. The molecule has 0 spiro atoms. The third kappa shape index (κ3) is 5.45. The summed E-state index contributed by atoms with van der Waals surface area (Å²) in [5.41, 5.74) is 4.98. The maximum absolute atomic E-state index is 13.7. The number of nitrogens with one attached hydrogen (secondary N) is 1. The molecule has 4 aromatic rings. The van der Waals surface area contributed by atoms with Gasteiger partial charge in [0, 0.05) is 38.2 Å². The molecule has 0 saturated carbocycles. The summed E-state index contributed by atoms with van der Waals surface area (Å²) in [6.07, 6.45) is 2.83. The zero-order valence-corrected chi connectivity index (χ0v) is 23.1. The van der Waals surface area contributed by atoms with Crippen molar-refractivity contribution in [1.82, 2.24) is 19.7 Å². The van der Waals surface area contributed by atoms with Gasteiger partial charge in [-0.2, -0.15) is 0 Å². The van der Waals surface area contributed by atoms with E-state index in [2.05, 4.69) is 44.7 Å². The fraction of sp³-hybridized carbons (Fsp3) is 0.344. The molecule has 1 fully saturated rings. The molecule has 40 heavy (non-hydrogen) atoms. The number of hydrogen-bond acceptors (Lipinski definition) is 7. The number of aromatic nitrogens is 3. The van der Waals surface area contributed by atoms with Crippen LogP contribution in [-0.4, -0.2) is 45.4 Å². The predicted octanol–water partition coefficient (Wildman–Crippen LogP) is 4.74. The lowest BCUT2D eigenvalue weighted by Crippen LogP contribution is -2.42. The fourth-order valence-corrected chi connectivity index (χ4v) is 5.70. The Morgan fingerprint density at radius 1 is 1.05 bits per heavy atom. The molecule has 1 aromatic heterocycles. The smallest absolute Gasteiger partial charge is 0.281 e. The summed E-state index contributed by atoms with van der Waals surface area (Å²) in [5.74, 6) is 1.95. The van der Waals surface area contributed by atoms with Crippen molar-refractivity contribution in [3.05, 3.63) is 99.3 Å². The van der Waals surface area contributed by atoms with Crippen LogP contribution in [0.3, 0.4) is 0 Å². The van der Waals surface area contributed by atoms with Gasteiger partial charge in [-0.25, -0.2) is 0 Å². The summed E-state index contributed by atoms with van der Waals surface area (Å²) in [5, 5.41) is 12.5. The summed E-state index contributed by atoms with van der Waals surface area (Å²) in [6.45, 7) is 5.80. The minimum atomic E-state index is -0.207. The zero-order chi connectivity index (χ0) is 27.5. The average molecular weight is 538 g/mol. The molecule has 8 heteroatoms. The van der Waals surface area contributed by atoms with E-state index in [0.29, 0.717) is 30.5 Å². The van der Waals surface area contributed by atoms with Crippen molar-refractivity contribution in [1.29, 1.82) is 0 Å². The Bertz CT molecular complexity index is 1540.